The number of nitro benzene ring substituents is 1. The van der Waals surface area contributed by atoms with E-state index < -0.39 is 0 Å². The maximum Gasteiger partial charge on any atom is 0.272 e. The Morgan fingerprint density at radius 2 is 2.33 bits per heavy atom. The fourth-order valence-electron chi connectivity index (χ4n) is 2.01. The lowest BCUT2D eigenvalue weighted by Gasteiger charge is -2.10. The minimum atomic E-state index is -0.312. The molecule has 1 atom stereocenters. The SMILES string of the molecule is Cc1ccc([C@@H]2CCCN2)cc1[N+](=O)[O-]. The van der Waals surface area contributed by atoms with Gasteiger partial charge < -0.3 is 5.32 Å². The maximum absolute atomic E-state index is 10.8. The molecule has 4 heteroatoms. The molecule has 1 heterocycles. The largest absolute Gasteiger partial charge is 0.310 e. The van der Waals surface area contributed by atoms with Gasteiger partial charge in [0.05, 0.1) is 4.92 Å². The summed E-state index contributed by atoms with van der Waals surface area (Å²) >= 11 is 0. The Kier molecular flexibility index (Phi) is 2.68. The van der Waals surface area contributed by atoms with Crippen LogP contribution in [0.15, 0.2) is 18.2 Å². The molecule has 1 aromatic rings. The number of benzene rings is 1. The summed E-state index contributed by atoms with van der Waals surface area (Å²) in [5, 5.41) is 14.1. The van der Waals surface area contributed by atoms with Crippen molar-refractivity contribution in [1.82, 2.24) is 5.32 Å². The number of nitrogens with zero attached hydrogens (tertiary/aromatic N) is 1. The molecule has 1 aliphatic rings. The average Bonchev–Trinajstić information content (AvgIpc) is 2.71. The van der Waals surface area contributed by atoms with Gasteiger partial charge in [0.2, 0.25) is 0 Å². The van der Waals surface area contributed by atoms with Gasteiger partial charge in [0.25, 0.3) is 5.69 Å². The van der Waals surface area contributed by atoms with E-state index in [4.69, 9.17) is 0 Å². The summed E-state index contributed by atoms with van der Waals surface area (Å²) in [6.45, 7) is 2.77. The van der Waals surface area contributed by atoms with Gasteiger partial charge in [-0.25, -0.2) is 0 Å². The third kappa shape index (κ3) is 1.99. The Hall–Kier alpha value is -1.42. The van der Waals surface area contributed by atoms with Gasteiger partial charge in [0, 0.05) is 17.7 Å². The molecule has 15 heavy (non-hydrogen) atoms. The van der Waals surface area contributed by atoms with Gasteiger partial charge in [0.1, 0.15) is 0 Å². The smallest absolute Gasteiger partial charge is 0.272 e. The van der Waals surface area contributed by atoms with Gasteiger partial charge >= 0.3 is 0 Å². The maximum atomic E-state index is 10.8. The zero-order chi connectivity index (χ0) is 10.8. The van der Waals surface area contributed by atoms with Crippen molar-refractivity contribution in [2.45, 2.75) is 25.8 Å². The average molecular weight is 206 g/mol. The summed E-state index contributed by atoms with van der Waals surface area (Å²) in [7, 11) is 0. The Balaban J connectivity index is 2.33. The summed E-state index contributed by atoms with van der Waals surface area (Å²) in [6, 6.07) is 5.79. The third-order valence-corrected chi connectivity index (χ3v) is 2.89. The molecule has 0 unspecified atom stereocenters. The van der Waals surface area contributed by atoms with Gasteiger partial charge in [-0.05, 0) is 31.9 Å². The highest BCUT2D eigenvalue weighted by Gasteiger charge is 2.19. The second-order valence-electron chi connectivity index (χ2n) is 3.95. The Bertz CT molecular complexity index is 384. The number of rotatable bonds is 2. The number of nitrogens with one attached hydrogen (secondary N) is 1. The highest BCUT2D eigenvalue weighted by molar-refractivity contribution is 5.43. The molecular weight excluding hydrogens is 192 g/mol. The van der Waals surface area contributed by atoms with E-state index in [2.05, 4.69) is 5.32 Å². The van der Waals surface area contributed by atoms with Crippen LogP contribution in [0.1, 0.15) is 30.0 Å². The van der Waals surface area contributed by atoms with Crippen LogP contribution in [0.4, 0.5) is 5.69 Å². The minimum Gasteiger partial charge on any atom is -0.310 e. The summed E-state index contributed by atoms with van der Waals surface area (Å²) in [5.41, 5.74) is 1.98. The van der Waals surface area contributed by atoms with Crippen LogP contribution in [0, 0.1) is 17.0 Å². The van der Waals surface area contributed by atoms with Gasteiger partial charge in [-0.15, -0.1) is 0 Å². The third-order valence-electron chi connectivity index (χ3n) is 2.89. The van der Waals surface area contributed by atoms with Crippen molar-refractivity contribution in [3.05, 3.63) is 39.4 Å². The molecule has 1 aromatic carbocycles. The zero-order valence-corrected chi connectivity index (χ0v) is 8.69. The first-order chi connectivity index (χ1) is 7.18. The van der Waals surface area contributed by atoms with Crippen LogP contribution in [0.5, 0.6) is 0 Å². The van der Waals surface area contributed by atoms with Crippen LogP contribution in [-0.4, -0.2) is 11.5 Å². The lowest BCUT2D eigenvalue weighted by atomic mass is 10.0. The molecule has 1 fully saturated rings. The molecule has 0 aromatic heterocycles. The second kappa shape index (κ2) is 3.98. The van der Waals surface area contributed by atoms with Crippen molar-refractivity contribution in [2.24, 2.45) is 0 Å². The van der Waals surface area contributed by atoms with Gasteiger partial charge in [0.15, 0.2) is 0 Å². The lowest BCUT2D eigenvalue weighted by Crippen LogP contribution is -2.13. The quantitative estimate of drug-likeness (QED) is 0.596. The first-order valence-corrected chi connectivity index (χ1v) is 5.17. The van der Waals surface area contributed by atoms with E-state index in [0.717, 1.165) is 30.5 Å². The molecule has 0 bridgehead atoms. The molecule has 1 N–H and O–H groups in total. The van der Waals surface area contributed by atoms with E-state index in [1.54, 1.807) is 13.0 Å². The first kappa shape index (κ1) is 10.1. The number of aryl methyl sites for hydroxylation is 1. The molecule has 4 nitrogen and oxygen atoms in total. The van der Waals surface area contributed by atoms with Crippen LogP contribution in [-0.2, 0) is 0 Å². The Labute approximate surface area is 88.5 Å². The standard InChI is InChI=1S/C11H14N2O2/c1-8-4-5-9(7-11(8)13(14)15)10-3-2-6-12-10/h4-5,7,10,12H,2-3,6H2,1H3/t10-/m0/s1. The summed E-state index contributed by atoms with van der Waals surface area (Å²) in [4.78, 5) is 10.5. The molecule has 1 aliphatic heterocycles. The minimum absolute atomic E-state index is 0.223. The van der Waals surface area contributed by atoms with Crippen LogP contribution in [0.2, 0.25) is 0 Å². The van der Waals surface area contributed by atoms with E-state index >= 15 is 0 Å². The highest BCUT2D eigenvalue weighted by Crippen LogP contribution is 2.27. The van der Waals surface area contributed by atoms with Crippen LogP contribution >= 0.6 is 0 Å². The summed E-state index contributed by atoms with van der Waals surface area (Å²) in [5.74, 6) is 0. The second-order valence-corrected chi connectivity index (χ2v) is 3.95. The Morgan fingerprint density at radius 1 is 1.53 bits per heavy atom. The number of hydrogen-bond donors (Lipinski definition) is 1. The molecule has 0 amide bonds. The van der Waals surface area contributed by atoms with Crippen LogP contribution in [0.3, 0.4) is 0 Å². The summed E-state index contributed by atoms with van der Waals surface area (Å²) < 4.78 is 0. The molecule has 1 saturated heterocycles. The summed E-state index contributed by atoms with van der Waals surface area (Å²) in [6.07, 6.45) is 2.21. The fourth-order valence-corrected chi connectivity index (χ4v) is 2.01. The molecule has 2 rings (SSSR count). The lowest BCUT2D eigenvalue weighted by molar-refractivity contribution is -0.385. The fraction of sp³-hybridized carbons (Fsp3) is 0.455. The van der Waals surface area contributed by atoms with Crippen molar-refractivity contribution in [3.63, 3.8) is 0 Å². The van der Waals surface area contributed by atoms with E-state index in [1.807, 2.05) is 12.1 Å². The van der Waals surface area contributed by atoms with Gasteiger partial charge in [-0.1, -0.05) is 12.1 Å². The molecule has 0 spiro atoms. The van der Waals surface area contributed by atoms with Crippen molar-refractivity contribution in [3.8, 4) is 0 Å². The van der Waals surface area contributed by atoms with Crippen molar-refractivity contribution in [1.29, 1.82) is 0 Å². The van der Waals surface area contributed by atoms with E-state index in [9.17, 15) is 10.1 Å². The topological polar surface area (TPSA) is 55.2 Å². The van der Waals surface area contributed by atoms with Crippen LogP contribution < -0.4 is 5.32 Å². The molecular formula is C11H14N2O2. The first-order valence-electron chi connectivity index (χ1n) is 5.17. The number of nitro groups is 1. The van der Waals surface area contributed by atoms with Gasteiger partial charge in [-0.2, -0.15) is 0 Å². The molecule has 0 radical (unpaired) electrons. The number of hydrogen-bond acceptors (Lipinski definition) is 3. The molecule has 80 valence electrons. The molecule has 0 aliphatic carbocycles. The van der Waals surface area contributed by atoms with Crippen LogP contribution in [0.25, 0.3) is 0 Å². The van der Waals surface area contributed by atoms with E-state index in [0.29, 0.717) is 6.04 Å². The zero-order valence-electron chi connectivity index (χ0n) is 8.69. The normalized spacial score (nSPS) is 20.5. The Morgan fingerprint density at radius 3 is 2.93 bits per heavy atom. The monoisotopic (exact) mass is 206 g/mol. The highest BCUT2D eigenvalue weighted by atomic mass is 16.6. The molecule has 0 saturated carbocycles. The van der Waals surface area contributed by atoms with Crippen molar-refractivity contribution < 1.29 is 4.92 Å². The van der Waals surface area contributed by atoms with Gasteiger partial charge in [-0.3, -0.25) is 10.1 Å². The van der Waals surface area contributed by atoms with Crippen molar-refractivity contribution in [2.75, 3.05) is 6.54 Å². The van der Waals surface area contributed by atoms with E-state index in [-0.39, 0.29) is 10.6 Å². The predicted octanol–water partition coefficient (Wildman–Crippen LogP) is 2.33. The van der Waals surface area contributed by atoms with E-state index in [1.165, 1.54) is 0 Å². The predicted molar refractivity (Wildman–Crippen MR) is 57.8 cm³/mol. The van der Waals surface area contributed by atoms with Crippen molar-refractivity contribution >= 4 is 5.69 Å².